The predicted octanol–water partition coefficient (Wildman–Crippen LogP) is 3.39. The predicted molar refractivity (Wildman–Crippen MR) is 66.0 cm³/mol. The molecule has 1 unspecified atom stereocenters. The van der Waals surface area contributed by atoms with Gasteiger partial charge >= 0.3 is 0 Å². The highest BCUT2D eigenvalue weighted by Crippen LogP contribution is 2.28. The Hall–Kier alpha value is -0.610. The second kappa shape index (κ2) is 6.21. The van der Waals surface area contributed by atoms with E-state index in [0.29, 0.717) is 16.6 Å². The zero-order valence-electron chi connectivity index (χ0n) is 8.77. The van der Waals surface area contributed by atoms with Gasteiger partial charge in [0.1, 0.15) is 11.2 Å². The molecule has 0 radical (unpaired) electrons. The smallest absolute Gasteiger partial charge is 0.242 e. The molecule has 1 aromatic carbocycles. The van der Waals surface area contributed by atoms with E-state index >= 15 is 0 Å². The quantitative estimate of drug-likeness (QED) is 0.849. The lowest BCUT2D eigenvalue weighted by atomic mass is 10.1. The maximum atomic E-state index is 13.0. The van der Waals surface area contributed by atoms with Crippen LogP contribution in [0.15, 0.2) is 22.7 Å². The number of hydrogen-bond acceptors (Lipinski definition) is 1. The van der Waals surface area contributed by atoms with Crippen LogP contribution in [-0.4, -0.2) is 12.5 Å². The monoisotopic (exact) mass is 307 g/mol. The van der Waals surface area contributed by atoms with Gasteiger partial charge in [-0.2, -0.15) is 0 Å². The van der Waals surface area contributed by atoms with Gasteiger partial charge in [0.05, 0.1) is 0 Å². The van der Waals surface area contributed by atoms with Crippen LogP contribution in [-0.2, 0) is 4.79 Å². The van der Waals surface area contributed by atoms with Gasteiger partial charge in [0.15, 0.2) is 0 Å². The fourth-order valence-electron chi connectivity index (χ4n) is 1.19. The highest BCUT2D eigenvalue weighted by molar-refractivity contribution is 9.10. The van der Waals surface area contributed by atoms with Crippen LogP contribution in [0.3, 0.4) is 0 Å². The van der Waals surface area contributed by atoms with Crippen molar-refractivity contribution in [2.45, 2.75) is 18.7 Å². The molecule has 1 aromatic rings. The maximum Gasteiger partial charge on any atom is 0.242 e. The van der Waals surface area contributed by atoms with E-state index in [0.717, 1.165) is 6.42 Å². The molecule has 0 spiro atoms. The van der Waals surface area contributed by atoms with Crippen LogP contribution < -0.4 is 5.32 Å². The van der Waals surface area contributed by atoms with Crippen molar-refractivity contribution < 1.29 is 9.18 Å². The molecule has 2 nitrogen and oxygen atoms in total. The van der Waals surface area contributed by atoms with Crippen LogP contribution in [0, 0.1) is 5.82 Å². The first kappa shape index (κ1) is 13.5. The zero-order valence-corrected chi connectivity index (χ0v) is 11.1. The molecule has 0 aromatic heterocycles. The summed E-state index contributed by atoms with van der Waals surface area (Å²) in [4.78, 5) is 11.6. The summed E-state index contributed by atoms with van der Waals surface area (Å²) >= 11 is 9.20. The van der Waals surface area contributed by atoms with Gasteiger partial charge in [-0.15, -0.1) is 11.6 Å². The van der Waals surface area contributed by atoms with Crippen molar-refractivity contribution in [3.05, 3.63) is 34.1 Å². The summed E-state index contributed by atoms with van der Waals surface area (Å²) in [6.07, 6.45) is 0.833. The third-order valence-electron chi connectivity index (χ3n) is 2.01. The van der Waals surface area contributed by atoms with Crippen LogP contribution in [0.4, 0.5) is 4.39 Å². The van der Waals surface area contributed by atoms with Crippen LogP contribution in [0.2, 0.25) is 0 Å². The minimum absolute atomic E-state index is 0.310. The molecule has 0 fully saturated rings. The topological polar surface area (TPSA) is 29.1 Å². The Morgan fingerprint density at radius 2 is 2.31 bits per heavy atom. The van der Waals surface area contributed by atoms with E-state index in [-0.39, 0.29) is 5.91 Å². The molecule has 0 heterocycles. The number of hydrogen-bond donors (Lipinski definition) is 1. The molecule has 0 aliphatic heterocycles. The molecular formula is C11H12BrClFNO. The number of carbonyl (C=O) groups is 1. The number of carbonyl (C=O) groups excluding carboxylic acids is 1. The summed E-state index contributed by atoms with van der Waals surface area (Å²) in [6.45, 7) is 2.51. The third-order valence-corrected chi connectivity index (χ3v) is 3.17. The minimum Gasteiger partial charge on any atom is -0.355 e. The Morgan fingerprint density at radius 3 is 2.94 bits per heavy atom. The summed E-state index contributed by atoms with van der Waals surface area (Å²) in [5.74, 6) is -0.720. The maximum absolute atomic E-state index is 13.0. The van der Waals surface area contributed by atoms with Crippen molar-refractivity contribution in [3.63, 3.8) is 0 Å². The molecule has 0 aliphatic carbocycles. The van der Waals surface area contributed by atoms with Crippen LogP contribution in [0.25, 0.3) is 0 Å². The van der Waals surface area contributed by atoms with Crippen molar-refractivity contribution in [3.8, 4) is 0 Å². The van der Waals surface area contributed by atoms with Crippen molar-refractivity contribution in [1.29, 1.82) is 0 Å². The minimum atomic E-state index is -0.878. The van der Waals surface area contributed by atoms with Gasteiger partial charge in [0.2, 0.25) is 5.91 Å². The molecule has 1 N–H and O–H groups in total. The van der Waals surface area contributed by atoms with E-state index < -0.39 is 11.2 Å². The average molecular weight is 309 g/mol. The lowest BCUT2D eigenvalue weighted by Gasteiger charge is -2.12. The Labute approximate surface area is 107 Å². The van der Waals surface area contributed by atoms with Crippen LogP contribution in [0.1, 0.15) is 24.3 Å². The van der Waals surface area contributed by atoms with Gasteiger partial charge < -0.3 is 5.32 Å². The Kier molecular flexibility index (Phi) is 5.22. The van der Waals surface area contributed by atoms with E-state index in [4.69, 9.17) is 11.6 Å². The molecule has 5 heteroatoms. The summed E-state index contributed by atoms with van der Waals surface area (Å²) in [5.41, 5.74) is 0.440. The van der Waals surface area contributed by atoms with Crippen molar-refractivity contribution in [2.75, 3.05) is 6.54 Å². The third kappa shape index (κ3) is 3.46. The first-order chi connectivity index (χ1) is 7.56. The number of rotatable bonds is 4. The van der Waals surface area contributed by atoms with E-state index in [1.165, 1.54) is 18.2 Å². The average Bonchev–Trinajstić information content (AvgIpc) is 2.28. The van der Waals surface area contributed by atoms with Gasteiger partial charge in [0.25, 0.3) is 0 Å². The molecule has 1 atom stereocenters. The van der Waals surface area contributed by atoms with E-state index in [2.05, 4.69) is 21.2 Å². The zero-order chi connectivity index (χ0) is 12.1. The molecule has 1 rings (SSSR count). The summed E-state index contributed by atoms with van der Waals surface area (Å²) in [7, 11) is 0. The summed E-state index contributed by atoms with van der Waals surface area (Å²) in [6, 6.07) is 4.10. The van der Waals surface area contributed by atoms with Gasteiger partial charge in [-0.3, -0.25) is 4.79 Å². The van der Waals surface area contributed by atoms with Gasteiger partial charge in [-0.25, -0.2) is 4.39 Å². The van der Waals surface area contributed by atoms with Gasteiger partial charge in [-0.1, -0.05) is 22.9 Å². The molecule has 0 aliphatic rings. The van der Waals surface area contributed by atoms with E-state index in [1.54, 1.807) is 0 Å². The summed E-state index contributed by atoms with van der Waals surface area (Å²) < 4.78 is 13.6. The number of halogens is 3. The second-order valence-corrected chi connectivity index (χ2v) is 4.61. The van der Waals surface area contributed by atoms with Gasteiger partial charge in [-0.05, 0) is 30.2 Å². The Balaban J connectivity index is 2.82. The Bertz CT molecular complexity index is 386. The number of benzene rings is 1. The van der Waals surface area contributed by atoms with Crippen LogP contribution >= 0.6 is 27.5 Å². The fourth-order valence-corrected chi connectivity index (χ4v) is 2.05. The lowest BCUT2D eigenvalue weighted by molar-refractivity contribution is -0.120. The highest BCUT2D eigenvalue weighted by atomic mass is 79.9. The van der Waals surface area contributed by atoms with E-state index in [1.807, 2.05) is 6.92 Å². The second-order valence-electron chi connectivity index (χ2n) is 3.32. The highest BCUT2D eigenvalue weighted by Gasteiger charge is 2.20. The number of amides is 1. The molecular weight excluding hydrogens is 296 g/mol. The molecule has 1 amide bonds. The number of nitrogens with one attached hydrogen (secondary N) is 1. The van der Waals surface area contributed by atoms with Crippen molar-refractivity contribution in [1.82, 2.24) is 5.32 Å². The number of alkyl halides is 1. The van der Waals surface area contributed by atoms with Gasteiger partial charge in [0, 0.05) is 11.0 Å². The molecule has 0 bridgehead atoms. The first-order valence-corrected chi connectivity index (χ1v) is 6.16. The molecule has 88 valence electrons. The standard InChI is InChI=1S/C11H12BrClFNO/c1-2-5-15-11(16)10(13)8-6-7(14)3-4-9(8)12/h3-4,6,10H,2,5H2,1H3,(H,15,16). The summed E-state index contributed by atoms with van der Waals surface area (Å²) in [5, 5.41) is 1.78. The molecule has 16 heavy (non-hydrogen) atoms. The SMILES string of the molecule is CCCNC(=O)C(Cl)c1cc(F)ccc1Br. The molecule has 0 saturated carbocycles. The van der Waals surface area contributed by atoms with E-state index in [9.17, 15) is 9.18 Å². The molecule has 0 saturated heterocycles. The van der Waals surface area contributed by atoms with Crippen LogP contribution in [0.5, 0.6) is 0 Å². The van der Waals surface area contributed by atoms with Crippen molar-refractivity contribution >= 4 is 33.4 Å². The first-order valence-electron chi connectivity index (χ1n) is 4.93. The largest absolute Gasteiger partial charge is 0.355 e. The lowest BCUT2D eigenvalue weighted by Crippen LogP contribution is -2.27. The normalized spacial score (nSPS) is 12.2. The fraction of sp³-hybridized carbons (Fsp3) is 0.364. The van der Waals surface area contributed by atoms with Crippen molar-refractivity contribution in [2.24, 2.45) is 0 Å². The Morgan fingerprint density at radius 1 is 1.62 bits per heavy atom.